The number of nitrogens with one attached hydrogen (secondary N) is 2. The lowest BCUT2D eigenvalue weighted by Crippen LogP contribution is -2.49. The number of methoxy groups -OCH3 is 1. The Morgan fingerprint density at radius 2 is 1.72 bits per heavy atom. The van der Waals surface area contributed by atoms with Crippen molar-refractivity contribution in [1.82, 2.24) is 35.1 Å². The first-order chi connectivity index (χ1) is 33.3. The Hall–Kier alpha value is -6.85. The van der Waals surface area contributed by atoms with Crippen LogP contribution in [0.2, 0.25) is 5.02 Å². The molecule has 69 heavy (non-hydrogen) atoms. The first-order valence-electron chi connectivity index (χ1n) is 23.3. The smallest absolute Gasteiger partial charge is 0.329 e. The number of amides is 5. The Kier molecular flexibility index (Phi) is 12.1. The molecule has 5 amide bonds. The molecular formula is C51H52ClF2N9O6. The maximum atomic E-state index is 16.2. The van der Waals surface area contributed by atoms with Gasteiger partial charge in [-0.2, -0.15) is 10.2 Å². The van der Waals surface area contributed by atoms with E-state index in [4.69, 9.17) is 31.9 Å². The van der Waals surface area contributed by atoms with Gasteiger partial charge in [0.05, 0.1) is 35.5 Å². The minimum atomic E-state index is -1.08. The van der Waals surface area contributed by atoms with Crippen LogP contribution in [-0.2, 0) is 22.2 Å². The van der Waals surface area contributed by atoms with Crippen LogP contribution >= 0.6 is 11.6 Å². The zero-order chi connectivity index (χ0) is 48.3. The molecule has 1 aliphatic carbocycles. The summed E-state index contributed by atoms with van der Waals surface area (Å²) in [6.07, 6.45) is 8.63. The van der Waals surface area contributed by atoms with E-state index < -0.39 is 35.1 Å². The van der Waals surface area contributed by atoms with Gasteiger partial charge in [-0.15, -0.1) is 0 Å². The van der Waals surface area contributed by atoms with Gasteiger partial charge in [-0.1, -0.05) is 54.9 Å². The second-order valence-electron chi connectivity index (χ2n) is 18.5. The Bertz CT molecular complexity index is 3020. The van der Waals surface area contributed by atoms with Gasteiger partial charge in [-0.25, -0.2) is 13.6 Å². The lowest BCUT2D eigenvalue weighted by Gasteiger charge is -2.38. The second-order valence-corrected chi connectivity index (χ2v) is 18.9. The molecular weight excluding hydrogens is 908 g/mol. The zero-order valence-corrected chi connectivity index (χ0v) is 39.2. The molecule has 15 nitrogen and oxygen atoms in total. The number of anilines is 1. The van der Waals surface area contributed by atoms with E-state index in [9.17, 15) is 19.2 Å². The number of primary amides is 1. The van der Waals surface area contributed by atoms with Crippen molar-refractivity contribution < 1.29 is 37.4 Å². The molecule has 10 rings (SSSR count). The minimum absolute atomic E-state index is 0.0121. The number of urea groups is 1. The molecule has 2 atom stereocenters. The van der Waals surface area contributed by atoms with Crippen LogP contribution in [0.25, 0.3) is 33.2 Å². The van der Waals surface area contributed by atoms with Gasteiger partial charge in [0, 0.05) is 97.4 Å². The molecule has 0 radical (unpaired) electrons. The predicted octanol–water partition coefficient (Wildman–Crippen LogP) is 7.99. The van der Waals surface area contributed by atoms with E-state index in [1.807, 2.05) is 84.5 Å². The molecule has 6 aromatic rings. The van der Waals surface area contributed by atoms with E-state index in [2.05, 4.69) is 15.7 Å². The molecule has 3 fully saturated rings. The van der Waals surface area contributed by atoms with E-state index in [1.165, 1.54) is 30.2 Å². The number of likely N-dealkylation sites (tertiary alicyclic amines) is 1. The summed E-state index contributed by atoms with van der Waals surface area (Å²) in [6.45, 7) is 3.78. The number of hydrogen-bond donors (Lipinski definition) is 3. The third-order valence-corrected chi connectivity index (χ3v) is 15.1. The second kappa shape index (κ2) is 18.2. The van der Waals surface area contributed by atoms with E-state index in [-0.39, 0.29) is 76.0 Å². The summed E-state index contributed by atoms with van der Waals surface area (Å²) in [5.41, 5.74) is 8.23. The molecule has 4 aliphatic rings. The van der Waals surface area contributed by atoms with Gasteiger partial charge in [-0.05, 0) is 73.9 Å². The quantitative estimate of drug-likeness (QED) is 0.116. The predicted molar refractivity (Wildman–Crippen MR) is 255 cm³/mol. The van der Waals surface area contributed by atoms with E-state index in [0.717, 1.165) is 66.1 Å². The number of carbonyl (C=O) groups excluding carboxylic acids is 4. The van der Waals surface area contributed by atoms with Crippen LogP contribution in [0.5, 0.6) is 11.5 Å². The maximum absolute atomic E-state index is 16.2. The fraction of sp³-hybridized carbons (Fsp3) is 0.373. The molecule has 0 spiro atoms. The summed E-state index contributed by atoms with van der Waals surface area (Å²) < 4.78 is 47.8. The van der Waals surface area contributed by atoms with E-state index in [0.29, 0.717) is 31.0 Å². The molecule has 3 aliphatic heterocycles. The molecule has 0 unspecified atom stereocenters. The SMILES string of the molecule is COc1ccc(C(N)=O)c(-c2c(Cl)c(F)cc3c2[C@H](C)[C@@](CNC2CCC(C(=O)N4CCC(n5cc(-c6ccc7c(N8CCC(=O)NC8=O)nn(C)c7c6)cn5)CC4)CC2)(c2ccccc2)O3)c1F. The summed E-state index contributed by atoms with van der Waals surface area (Å²) in [5, 5.41) is 15.9. The fourth-order valence-corrected chi connectivity index (χ4v) is 11.1. The number of ether oxygens (including phenoxy) is 2. The van der Waals surface area contributed by atoms with Crippen molar-refractivity contribution in [1.29, 1.82) is 0 Å². The molecule has 2 aromatic heterocycles. The van der Waals surface area contributed by atoms with E-state index >= 15 is 8.78 Å². The largest absolute Gasteiger partial charge is 0.494 e. The van der Waals surface area contributed by atoms with Gasteiger partial charge >= 0.3 is 6.03 Å². The molecule has 18 heteroatoms. The van der Waals surface area contributed by atoms with E-state index in [1.54, 1.807) is 4.68 Å². The Labute approximate surface area is 401 Å². The number of fused-ring (bicyclic) bond motifs is 2. The van der Waals surface area contributed by atoms with Crippen LogP contribution in [0.4, 0.5) is 19.4 Å². The van der Waals surface area contributed by atoms with Crippen molar-refractivity contribution in [3.05, 3.63) is 112 Å². The number of halogens is 3. The highest BCUT2D eigenvalue weighted by Crippen LogP contribution is 2.56. The first-order valence-corrected chi connectivity index (χ1v) is 23.7. The van der Waals surface area contributed by atoms with Gasteiger partial charge in [0.1, 0.15) is 11.6 Å². The van der Waals surface area contributed by atoms with Crippen LogP contribution in [0, 0.1) is 17.6 Å². The standard InChI is InChI=1S/C51H52ClF2N9O6/c1-28-42-40(24-37(53)45(52)44(42)43-36(47(55)65)15-16-39(68-3)46(43)54)69-51(28,32-7-5-4-6-8-32)27-56-33-12-9-29(10-13-33)49(66)61-20-17-34(18-21-61)63-26-31(25-57-63)30-11-14-35-38(23-30)60(2)59-48(35)62-22-19-41(64)58-50(62)67/h4-8,11,14-16,23-26,28-29,33-34,56H,9-10,12-13,17-22,27H2,1-3H3,(H2,55,65)(H,58,64,67)/t28-,29?,33?,51-/m0/s1. The number of benzene rings is 4. The average molecular weight is 960 g/mol. The Balaban J connectivity index is 0.781. The van der Waals surface area contributed by atoms with Crippen LogP contribution in [0.1, 0.15) is 85.3 Å². The molecule has 2 saturated heterocycles. The zero-order valence-electron chi connectivity index (χ0n) is 38.4. The molecule has 0 bridgehead atoms. The number of nitrogens with two attached hydrogens (primary N) is 1. The van der Waals surface area contributed by atoms with Crippen molar-refractivity contribution in [3.8, 4) is 33.8 Å². The number of imide groups is 1. The third kappa shape index (κ3) is 8.14. The van der Waals surface area contributed by atoms with Crippen molar-refractivity contribution in [2.75, 3.05) is 38.2 Å². The highest BCUT2D eigenvalue weighted by molar-refractivity contribution is 6.34. The highest BCUT2D eigenvalue weighted by Gasteiger charge is 2.50. The number of aromatic nitrogens is 4. The van der Waals surface area contributed by atoms with Gasteiger partial charge < -0.3 is 25.4 Å². The number of nitrogens with zero attached hydrogens (tertiary/aromatic N) is 6. The summed E-state index contributed by atoms with van der Waals surface area (Å²) in [5.74, 6) is -2.84. The van der Waals surface area contributed by atoms with Gasteiger partial charge in [-0.3, -0.25) is 34.0 Å². The summed E-state index contributed by atoms with van der Waals surface area (Å²) >= 11 is 6.70. The number of piperidine rings is 1. The van der Waals surface area contributed by atoms with Crippen molar-refractivity contribution >= 4 is 52.1 Å². The molecule has 358 valence electrons. The maximum Gasteiger partial charge on any atom is 0.329 e. The lowest BCUT2D eigenvalue weighted by molar-refractivity contribution is -0.138. The summed E-state index contributed by atoms with van der Waals surface area (Å²) in [4.78, 5) is 54.4. The Morgan fingerprint density at radius 1 is 0.971 bits per heavy atom. The third-order valence-electron chi connectivity index (χ3n) is 14.7. The minimum Gasteiger partial charge on any atom is -0.494 e. The number of aryl methyl sites for hydroxylation is 1. The normalized spacial score (nSPS) is 21.9. The molecule has 4 N–H and O–H groups in total. The average Bonchev–Trinajstić information content (AvgIpc) is 4.06. The first kappa shape index (κ1) is 45.9. The number of hydrogen-bond acceptors (Lipinski definition) is 9. The lowest BCUT2D eigenvalue weighted by atomic mass is 9.77. The van der Waals surface area contributed by atoms with Crippen molar-refractivity contribution in [2.45, 2.75) is 75.5 Å². The van der Waals surface area contributed by atoms with Gasteiger partial charge in [0.25, 0.3) is 0 Å². The van der Waals surface area contributed by atoms with Crippen molar-refractivity contribution in [2.24, 2.45) is 18.7 Å². The van der Waals surface area contributed by atoms with Gasteiger partial charge in [0.2, 0.25) is 17.7 Å². The van der Waals surface area contributed by atoms with Crippen LogP contribution in [0.15, 0.2) is 79.1 Å². The fourth-order valence-electron chi connectivity index (χ4n) is 10.9. The van der Waals surface area contributed by atoms with Crippen LogP contribution < -0.4 is 30.7 Å². The molecule has 1 saturated carbocycles. The summed E-state index contributed by atoms with van der Waals surface area (Å²) in [6, 6.07) is 19.1. The topological polar surface area (TPSA) is 179 Å². The van der Waals surface area contributed by atoms with Crippen LogP contribution in [0.3, 0.4) is 0 Å². The Morgan fingerprint density at radius 3 is 2.43 bits per heavy atom. The molecule has 5 heterocycles. The monoisotopic (exact) mass is 959 g/mol. The molecule has 4 aromatic carbocycles. The van der Waals surface area contributed by atoms with Gasteiger partial charge in [0.15, 0.2) is 23.0 Å². The summed E-state index contributed by atoms with van der Waals surface area (Å²) in [7, 11) is 3.12. The van der Waals surface area contributed by atoms with Crippen molar-refractivity contribution in [3.63, 3.8) is 0 Å². The highest BCUT2D eigenvalue weighted by atomic mass is 35.5. The van der Waals surface area contributed by atoms with Crippen LogP contribution in [-0.4, -0.2) is 87.5 Å². The number of carbonyl (C=O) groups is 4. The number of rotatable bonds is 11.